The van der Waals surface area contributed by atoms with Crippen LogP contribution in [0.2, 0.25) is 0 Å². The molecule has 26 heavy (non-hydrogen) atoms. The average molecular weight is 344 g/mol. The molecular formula is C20H16N4O2. The number of aryl methyl sites for hydroxylation is 2. The normalized spacial score (nSPS) is 11.6. The van der Waals surface area contributed by atoms with Crippen LogP contribution in [-0.4, -0.2) is 21.1 Å². The summed E-state index contributed by atoms with van der Waals surface area (Å²) in [5, 5.41) is 13.3. The van der Waals surface area contributed by atoms with E-state index in [9.17, 15) is 4.79 Å². The number of aromatic amines is 2. The molecule has 0 saturated heterocycles. The lowest BCUT2D eigenvalue weighted by atomic mass is 10.1. The highest BCUT2D eigenvalue weighted by Gasteiger charge is 2.15. The highest BCUT2D eigenvalue weighted by molar-refractivity contribution is 6.17. The van der Waals surface area contributed by atoms with Crippen molar-refractivity contribution in [3.8, 4) is 0 Å². The van der Waals surface area contributed by atoms with Gasteiger partial charge in [0.2, 0.25) is 0 Å². The number of furan rings is 1. The van der Waals surface area contributed by atoms with Gasteiger partial charge in [0.25, 0.3) is 5.91 Å². The van der Waals surface area contributed by atoms with Gasteiger partial charge in [-0.3, -0.25) is 9.89 Å². The first kappa shape index (κ1) is 14.8. The van der Waals surface area contributed by atoms with Gasteiger partial charge in [-0.1, -0.05) is 12.1 Å². The maximum absolute atomic E-state index is 12.5. The fourth-order valence-corrected chi connectivity index (χ4v) is 3.51. The third-order valence-corrected chi connectivity index (χ3v) is 4.73. The van der Waals surface area contributed by atoms with Gasteiger partial charge in [-0.05, 0) is 38.1 Å². The number of hydrogen-bond acceptors (Lipinski definition) is 3. The minimum Gasteiger partial charge on any atom is -0.466 e. The number of carbonyl (C=O) groups excluding carboxylic acids is 1. The molecule has 2 aromatic carbocycles. The van der Waals surface area contributed by atoms with E-state index in [-0.39, 0.29) is 5.91 Å². The third kappa shape index (κ3) is 2.12. The van der Waals surface area contributed by atoms with Crippen LogP contribution in [0.25, 0.3) is 32.7 Å². The van der Waals surface area contributed by atoms with Crippen molar-refractivity contribution >= 4 is 44.3 Å². The molecule has 0 aliphatic heterocycles. The van der Waals surface area contributed by atoms with E-state index >= 15 is 0 Å². The Balaban J connectivity index is 1.59. The van der Waals surface area contributed by atoms with Crippen molar-refractivity contribution in [2.24, 2.45) is 0 Å². The lowest BCUT2D eigenvalue weighted by Gasteiger charge is -2.04. The Morgan fingerprint density at radius 2 is 1.96 bits per heavy atom. The number of amides is 1. The number of rotatable bonds is 2. The van der Waals surface area contributed by atoms with Crippen LogP contribution in [0.3, 0.4) is 0 Å². The summed E-state index contributed by atoms with van der Waals surface area (Å²) < 4.78 is 5.45. The smallest absolute Gasteiger partial charge is 0.259 e. The molecule has 5 rings (SSSR count). The van der Waals surface area contributed by atoms with Crippen LogP contribution >= 0.6 is 0 Å². The fraction of sp³-hybridized carbons (Fsp3) is 0.100. The van der Waals surface area contributed by atoms with Crippen LogP contribution in [0.1, 0.15) is 21.9 Å². The Hall–Kier alpha value is -3.54. The second kappa shape index (κ2) is 5.23. The van der Waals surface area contributed by atoms with Crippen molar-refractivity contribution in [2.45, 2.75) is 13.8 Å². The van der Waals surface area contributed by atoms with Crippen molar-refractivity contribution in [3.63, 3.8) is 0 Å². The molecule has 0 fully saturated rings. The number of anilines is 1. The van der Waals surface area contributed by atoms with E-state index in [4.69, 9.17) is 4.42 Å². The summed E-state index contributed by atoms with van der Waals surface area (Å²) in [5.74, 6) is 1.17. The molecule has 6 heteroatoms. The summed E-state index contributed by atoms with van der Waals surface area (Å²) in [5.41, 5.74) is 4.30. The highest BCUT2D eigenvalue weighted by Crippen LogP contribution is 2.31. The first-order valence-corrected chi connectivity index (χ1v) is 8.36. The molecule has 0 unspecified atom stereocenters. The lowest BCUT2D eigenvalue weighted by Crippen LogP contribution is -2.11. The molecule has 0 saturated carbocycles. The summed E-state index contributed by atoms with van der Waals surface area (Å²) in [7, 11) is 0. The largest absolute Gasteiger partial charge is 0.466 e. The molecule has 3 N–H and O–H groups in total. The molecule has 5 aromatic rings. The van der Waals surface area contributed by atoms with Gasteiger partial charge in [0.15, 0.2) is 0 Å². The van der Waals surface area contributed by atoms with Crippen LogP contribution in [0.15, 0.2) is 47.0 Å². The number of carbonyl (C=O) groups is 1. The topological polar surface area (TPSA) is 86.7 Å². The second-order valence-corrected chi connectivity index (χ2v) is 6.49. The predicted molar refractivity (Wildman–Crippen MR) is 102 cm³/mol. The molecule has 0 spiro atoms. The number of aromatic nitrogens is 3. The number of hydrogen-bond donors (Lipinski definition) is 3. The standard InChI is InChI=1S/C20H16N4O2/c1-10-7-15(11(2)26-10)20(25)22-13-4-6-17-16(8-13)14-5-3-12-9-21-24-18(12)19(14)23-17/h3-9,23H,1-2H3,(H,21,24)(H,22,25). The zero-order valence-electron chi connectivity index (χ0n) is 14.3. The minimum atomic E-state index is -0.172. The summed E-state index contributed by atoms with van der Waals surface area (Å²) in [6, 6.07) is 11.7. The number of nitrogens with zero attached hydrogens (tertiary/aromatic N) is 1. The van der Waals surface area contributed by atoms with Crippen LogP contribution in [0, 0.1) is 13.8 Å². The summed E-state index contributed by atoms with van der Waals surface area (Å²) in [4.78, 5) is 16.0. The van der Waals surface area contributed by atoms with E-state index in [1.54, 1.807) is 19.2 Å². The van der Waals surface area contributed by atoms with E-state index in [1.165, 1.54) is 0 Å². The number of benzene rings is 2. The van der Waals surface area contributed by atoms with Crippen LogP contribution < -0.4 is 5.32 Å². The van der Waals surface area contributed by atoms with Gasteiger partial charge in [0, 0.05) is 27.4 Å². The lowest BCUT2D eigenvalue weighted by molar-refractivity contribution is 0.102. The van der Waals surface area contributed by atoms with Crippen LogP contribution in [-0.2, 0) is 0 Å². The minimum absolute atomic E-state index is 0.172. The van der Waals surface area contributed by atoms with Crippen molar-refractivity contribution in [2.75, 3.05) is 5.32 Å². The van der Waals surface area contributed by atoms with E-state index in [1.807, 2.05) is 31.2 Å². The zero-order chi connectivity index (χ0) is 17.8. The SMILES string of the molecule is Cc1cc(C(=O)Nc2ccc3[nH]c4c(ccc5cn[nH]c54)c3c2)c(C)o1. The first-order valence-electron chi connectivity index (χ1n) is 8.36. The Morgan fingerprint density at radius 3 is 2.77 bits per heavy atom. The molecule has 1 amide bonds. The molecule has 6 nitrogen and oxygen atoms in total. The van der Waals surface area contributed by atoms with E-state index in [0.717, 1.165) is 44.2 Å². The number of fused-ring (bicyclic) bond motifs is 5. The van der Waals surface area contributed by atoms with E-state index in [0.29, 0.717) is 11.3 Å². The quantitative estimate of drug-likeness (QED) is 0.435. The molecule has 0 atom stereocenters. The van der Waals surface area contributed by atoms with Gasteiger partial charge < -0.3 is 14.7 Å². The zero-order valence-corrected chi connectivity index (χ0v) is 14.3. The molecule has 0 aliphatic carbocycles. The van der Waals surface area contributed by atoms with Crippen molar-refractivity contribution in [1.29, 1.82) is 0 Å². The van der Waals surface area contributed by atoms with Gasteiger partial charge in [-0.15, -0.1) is 0 Å². The van der Waals surface area contributed by atoms with Gasteiger partial charge in [-0.25, -0.2) is 0 Å². The van der Waals surface area contributed by atoms with E-state index in [2.05, 4.69) is 26.6 Å². The van der Waals surface area contributed by atoms with Gasteiger partial charge >= 0.3 is 0 Å². The Bertz CT molecular complexity index is 1310. The summed E-state index contributed by atoms with van der Waals surface area (Å²) in [6.45, 7) is 3.62. The fourth-order valence-electron chi connectivity index (χ4n) is 3.51. The number of H-pyrrole nitrogens is 2. The molecule has 3 heterocycles. The molecule has 0 radical (unpaired) electrons. The van der Waals surface area contributed by atoms with Crippen molar-refractivity contribution in [3.05, 3.63) is 59.7 Å². The molecule has 0 aliphatic rings. The van der Waals surface area contributed by atoms with Gasteiger partial charge in [-0.2, -0.15) is 5.10 Å². The van der Waals surface area contributed by atoms with Crippen molar-refractivity contribution < 1.29 is 9.21 Å². The first-order chi connectivity index (χ1) is 12.6. The summed E-state index contributed by atoms with van der Waals surface area (Å²) in [6.07, 6.45) is 1.81. The molecular weight excluding hydrogens is 328 g/mol. The monoisotopic (exact) mass is 344 g/mol. The molecule has 0 bridgehead atoms. The van der Waals surface area contributed by atoms with Crippen LogP contribution in [0.4, 0.5) is 5.69 Å². The van der Waals surface area contributed by atoms with Crippen LogP contribution in [0.5, 0.6) is 0 Å². The highest BCUT2D eigenvalue weighted by atomic mass is 16.3. The Labute approximate surface area is 148 Å². The predicted octanol–water partition coefficient (Wildman–Crippen LogP) is 4.66. The Morgan fingerprint density at radius 1 is 1.08 bits per heavy atom. The summed E-state index contributed by atoms with van der Waals surface area (Å²) >= 11 is 0. The maximum Gasteiger partial charge on any atom is 0.259 e. The Kier molecular flexibility index (Phi) is 2.97. The molecule has 3 aromatic heterocycles. The molecule has 128 valence electrons. The van der Waals surface area contributed by atoms with Crippen molar-refractivity contribution in [1.82, 2.24) is 15.2 Å². The van der Waals surface area contributed by atoms with Gasteiger partial charge in [0.1, 0.15) is 11.5 Å². The number of nitrogens with one attached hydrogen (secondary N) is 3. The average Bonchev–Trinajstić information content (AvgIpc) is 3.30. The third-order valence-electron chi connectivity index (χ3n) is 4.73. The van der Waals surface area contributed by atoms with Gasteiger partial charge in [0.05, 0.1) is 22.8 Å². The second-order valence-electron chi connectivity index (χ2n) is 6.49. The maximum atomic E-state index is 12.5. The van der Waals surface area contributed by atoms with E-state index < -0.39 is 0 Å².